The van der Waals surface area contributed by atoms with Crippen molar-refractivity contribution in [2.75, 3.05) is 39.4 Å². The second kappa shape index (κ2) is 11.1. The molecule has 1 fully saturated rings. The maximum atomic E-state index is 13.8. The zero-order valence-electron chi connectivity index (χ0n) is 18.1. The number of ether oxygens (including phenoxy) is 1. The van der Waals surface area contributed by atoms with Crippen LogP contribution in [-0.4, -0.2) is 64.7 Å². The summed E-state index contributed by atoms with van der Waals surface area (Å²) in [5, 5.41) is 1.15. The highest BCUT2D eigenvalue weighted by molar-refractivity contribution is 6.35. The van der Waals surface area contributed by atoms with Gasteiger partial charge in [0.1, 0.15) is 11.6 Å². The molecule has 0 unspecified atom stereocenters. The van der Waals surface area contributed by atoms with E-state index in [-0.39, 0.29) is 12.5 Å². The molecule has 174 valence electrons. The third-order valence-corrected chi connectivity index (χ3v) is 6.23. The maximum Gasteiger partial charge on any atom is 0.254 e. The molecule has 9 heteroatoms. The van der Waals surface area contributed by atoms with Crippen LogP contribution in [0.25, 0.3) is 0 Å². The van der Waals surface area contributed by atoms with Crippen molar-refractivity contribution in [1.82, 2.24) is 19.4 Å². The average molecular weight is 491 g/mol. The van der Waals surface area contributed by atoms with Crippen LogP contribution < -0.4 is 0 Å². The van der Waals surface area contributed by atoms with E-state index in [9.17, 15) is 9.18 Å². The summed E-state index contributed by atoms with van der Waals surface area (Å²) in [5.41, 5.74) is 1.22. The first-order valence-corrected chi connectivity index (χ1v) is 11.5. The molecule has 2 aromatic carbocycles. The number of imidazole rings is 1. The molecule has 6 nitrogen and oxygen atoms in total. The third-order valence-electron chi connectivity index (χ3n) is 5.64. The van der Waals surface area contributed by atoms with E-state index in [1.165, 1.54) is 12.1 Å². The Bertz CT molecular complexity index is 1100. The fraction of sp³-hybridized carbons (Fsp3) is 0.333. The van der Waals surface area contributed by atoms with Crippen molar-refractivity contribution in [2.24, 2.45) is 0 Å². The number of carbonyl (C=O) groups excluding carboxylic acids is 1. The fourth-order valence-corrected chi connectivity index (χ4v) is 4.25. The van der Waals surface area contributed by atoms with Gasteiger partial charge in [-0.3, -0.25) is 9.69 Å². The Balaban J connectivity index is 1.53. The summed E-state index contributed by atoms with van der Waals surface area (Å²) in [5.74, 6) is 0.0439. The smallest absolute Gasteiger partial charge is 0.254 e. The van der Waals surface area contributed by atoms with Gasteiger partial charge in [-0.1, -0.05) is 35.3 Å². The van der Waals surface area contributed by atoms with Crippen LogP contribution in [0.4, 0.5) is 4.39 Å². The van der Waals surface area contributed by atoms with Gasteiger partial charge in [-0.2, -0.15) is 0 Å². The maximum absolute atomic E-state index is 13.8. The molecule has 33 heavy (non-hydrogen) atoms. The number of morpholine rings is 1. The first-order chi connectivity index (χ1) is 16.0. The van der Waals surface area contributed by atoms with Gasteiger partial charge < -0.3 is 14.2 Å². The highest BCUT2D eigenvalue weighted by Gasteiger charge is 2.21. The Morgan fingerprint density at radius 3 is 2.73 bits per heavy atom. The lowest BCUT2D eigenvalue weighted by atomic mass is 10.2. The summed E-state index contributed by atoms with van der Waals surface area (Å²) < 4.78 is 21.2. The Morgan fingerprint density at radius 2 is 1.97 bits per heavy atom. The van der Waals surface area contributed by atoms with E-state index in [1.807, 2.05) is 16.8 Å². The summed E-state index contributed by atoms with van der Waals surface area (Å²) in [4.78, 5) is 21.8. The van der Waals surface area contributed by atoms with Crippen molar-refractivity contribution in [1.29, 1.82) is 0 Å². The van der Waals surface area contributed by atoms with Gasteiger partial charge in [0.25, 0.3) is 5.91 Å². The van der Waals surface area contributed by atoms with Gasteiger partial charge in [-0.15, -0.1) is 0 Å². The van der Waals surface area contributed by atoms with Gasteiger partial charge in [-0.25, -0.2) is 9.37 Å². The quantitative estimate of drug-likeness (QED) is 0.470. The predicted octanol–water partition coefficient (Wildman–Crippen LogP) is 4.35. The van der Waals surface area contributed by atoms with Crippen LogP contribution in [0.5, 0.6) is 0 Å². The van der Waals surface area contributed by atoms with Crippen LogP contribution in [0.2, 0.25) is 10.0 Å². The van der Waals surface area contributed by atoms with Gasteiger partial charge in [0.05, 0.1) is 26.3 Å². The Kier molecular flexibility index (Phi) is 7.98. The molecule has 1 aliphatic heterocycles. The fourth-order valence-electron chi connectivity index (χ4n) is 3.78. The summed E-state index contributed by atoms with van der Waals surface area (Å²) in [6.07, 6.45) is 3.55. The van der Waals surface area contributed by atoms with Gasteiger partial charge in [0, 0.05) is 54.2 Å². The largest absolute Gasteiger partial charge is 0.379 e. The lowest BCUT2D eigenvalue weighted by Crippen LogP contribution is -2.43. The number of carbonyl (C=O) groups is 1. The highest BCUT2D eigenvalue weighted by Crippen LogP contribution is 2.22. The number of amides is 1. The number of hydrogen-bond donors (Lipinski definition) is 0. The number of nitrogens with zero attached hydrogens (tertiary/aromatic N) is 4. The Hall–Kier alpha value is -2.45. The molecule has 1 saturated heterocycles. The molecule has 0 radical (unpaired) electrons. The van der Waals surface area contributed by atoms with E-state index in [2.05, 4.69) is 9.88 Å². The lowest BCUT2D eigenvalue weighted by molar-refractivity contribution is 0.0318. The number of aromatic nitrogens is 2. The van der Waals surface area contributed by atoms with Gasteiger partial charge >= 0.3 is 0 Å². The van der Waals surface area contributed by atoms with Crippen LogP contribution in [0.1, 0.15) is 21.7 Å². The minimum atomic E-state index is -0.437. The van der Waals surface area contributed by atoms with Crippen LogP contribution in [0.15, 0.2) is 54.9 Å². The molecule has 4 rings (SSSR count). The molecule has 0 atom stereocenters. The van der Waals surface area contributed by atoms with Crippen molar-refractivity contribution in [2.45, 2.75) is 13.1 Å². The number of benzene rings is 2. The Morgan fingerprint density at radius 1 is 1.15 bits per heavy atom. The van der Waals surface area contributed by atoms with Gasteiger partial charge in [0.15, 0.2) is 0 Å². The molecular weight excluding hydrogens is 466 g/mol. The topological polar surface area (TPSA) is 50.6 Å². The summed E-state index contributed by atoms with van der Waals surface area (Å²) in [6.45, 7) is 5.00. The monoisotopic (exact) mass is 490 g/mol. The predicted molar refractivity (Wildman–Crippen MR) is 126 cm³/mol. The van der Waals surface area contributed by atoms with E-state index in [4.69, 9.17) is 27.9 Å². The van der Waals surface area contributed by atoms with Crippen molar-refractivity contribution in [3.8, 4) is 0 Å². The number of rotatable bonds is 8. The van der Waals surface area contributed by atoms with Crippen LogP contribution >= 0.6 is 23.2 Å². The summed E-state index contributed by atoms with van der Waals surface area (Å²) in [6, 6.07) is 11.2. The highest BCUT2D eigenvalue weighted by atomic mass is 35.5. The first kappa shape index (κ1) is 23.7. The molecule has 1 amide bonds. The molecule has 0 N–H and O–H groups in total. The van der Waals surface area contributed by atoms with Crippen LogP contribution in [0, 0.1) is 5.82 Å². The van der Waals surface area contributed by atoms with E-state index in [0.29, 0.717) is 54.3 Å². The van der Waals surface area contributed by atoms with Crippen LogP contribution in [-0.2, 0) is 17.8 Å². The van der Waals surface area contributed by atoms with Crippen molar-refractivity contribution in [3.05, 3.63) is 87.7 Å². The minimum Gasteiger partial charge on any atom is -0.379 e. The zero-order valence-corrected chi connectivity index (χ0v) is 19.6. The molecule has 1 aliphatic rings. The zero-order chi connectivity index (χ0) is 23.2. The summed E-state index contributed by atoms with van der Waals surface area (Å²) >= 11 is 12.4. The second-order valence-corrected chi connectivity index (χ2v) is 8.74. The van der Waals surface area contributed by atoms with Gasteiger partial charge in [0.2, 0.25) is 0 Å². The lowest BCUT2D eigenvalue weighted by Gasteiger charge is -2.30. The molecule has 1 aromatic heterocycles. The molecule has 0 aliphatic carbocycles. The van der Waals surface area contributed by atoms with E-state index in [0.717, 1.165) is 18.7 Å². The van der Waals surface area contributed by atoms with Gasteiger partial charge in [-0.05, 0) is 35.9 Å². The van der Waals surface area contributed by atoms with Crippen molar-refractivity contribution in [3.63, 3.8) is 0 Å². The van der Waals surface area contributed by atoms with E-state index < -0.39 is 5.82 Å². The normalized spacial score (nSPS) is 14.4. The average Bonchev–Trinajstić information content (AvgIpc) is 3.25. The molecule has 2 heterocycles. The number of halogens is 3. The SMILES string of the molecule is O=C(c1cccc(F)c1)N(CCN1CCOCC1)Cc1nccn1Cc1ccc(Cl)cc1Cl. The van der Waals surface area contributed by atoms with E-state index >= 15 is 0 Å². The third kappa shape index (κ3) is 6.32. The minimum absolute atomic E-state index is 0.234. The first-order valence-electron chi connectivity index (χ1n) is 10.8. The molecule has 0 saturated carbocycles. The Labute approximate surface area is 202 Å². The number of hydrogen-bond acceptors (Lipinski definition) is 4. The van der Waals surface area contributed by atoms with Crippen molar-refractivity contribution >= 4 is 29.1 Å². The second-order valence-electron chi connectivity index (χ2n) is 7.90. The van der Waals surface area contributed by atoms with E-state index in [1.54, 1.807) is 35.4 Å². The summed E-state index contributed by atoms with van der Waals surface area (Å²) in [7, 11) is 0. The van der Waals surface area contributed by atoms with Crippen LogP contribution in [0.3, 0.4) is 0 Å². The molecule has 3 aromatic rings. The standard InChI is InChI=1S/C24H25Cl2FN4O2/c25-20-5-4-19(22(26)15-20)16-30-7-6-28-23(30)17-31(9-8-29-10-12-33-13-11-29)24(32)18-2-1-3-21(27)14-18/h1-7,14-15H,8-13,16-17H2. The molecule has 0 spiro atoms. The van der Waals surface area contributed by atoms with Crippen molar-refractivity contribution < 1.29 is 13.9 Å². The molecular formula is C24H25Cl2FN4O2. The molecule has 0 bridgehead atoms.